The van der Waals surface area contributed by atoms with Crippen LogP contribution in [0.3, 0.4) is 0 Å². The molecule has 35 heteroatoms. The zero-order valence-corrected chi connectivity index (χ0v) is 60.3. The minimum Gasteiger partial charge on any atom is -0.432 e. The number of aliphatic hydroxyl groups excluding tert-OH is 20. The van der Waals surface area contributed by atoms with Crippen LogP contribution in [0.5, 0.6) is 0 Å². The topological polar surface area (TPSA) is 551 Å². The van der Waals surface area contributed by atoms with Gasteiger partial charge in [-0.15, -0.1) is 0 Å². The zero-order valence-electron chi connectivity index (χ0n) is 60.3. The Bertz CT molecular complexity index is 2970. The van der Waals surface area contributed by atoms with Gasteiger partial charge in [-0.25, -0.2) is 0 Å². The number of allylic oxidation sites excluding steroid dienone is 2. The summed E-state index contributed by atoms with van der Waals surface area (Å²) in [7, 11) is 0. The summed E-state index contributed by atoms with van der Waals surface area (Å²) in [5.74, 6) is -0.926. The number of fused-ring (bicyclic) bond motifs is 7. The number of esters is 1. The Balaban J connectivity index is 0.752. The number of aliphatic hydroxyl groups is 20. The molecular formula is C70H114O35. The molecule has 7 heterocycles. The summed E-state index contributed by atoms with van der Waals surface area (Å²) in [6.45, 7) is 12.0. The monoisotopic (exact) mass is 1510 g/mol. The lowest BCUT2D eigenvalue weighted by molar-refractivity contribution is -0.406. The molecule has 42 atom stereocenters. The van der Waals surface area contributed by atoms with Gasteiger partial charge < -0.3 is 168 Å². The van der Waals surface area contributed by atoms with Crippen molar-refractivity contribution in [1.29, 1.82) is 0 Å². The average Bonchev–Trinajstić information content (AvgIpc) is 0.674. The van der Waals surface area contributed by atoms with Crippen molar-refractivity contribution in [2.24, 2.45) is 50.2 Å². The van der Waals surface area contributed by atoms with Gasteiger partial charge in [0.2, 0.25) is 6.29 Å². The van der Waals surface area contributed by atoms with Gasteiger partial charge in [0, 0.05) is 5.41 Å². The van der Waals surface area contributed by atoms with Crippen molar-refractivity contribution in [2.75, 3.05) is 39.6 Å². The summed E-state index contributed by atoms with van der Waals surface area (Å²) in [6, 6.07) is 0. The SMILES string of the molecule is C[C@@H]1O[C@@H](O[C@@H]2[C@@H](O)[C@H](O[C@@H]3[C@@H](O)[C@H](C)O[C@@H](O[C@H]4[C@H](O[C@H]5CC[C@@]6(C)[C@H](CC[C@]7(C)[C@@H]6CC=C6[C@@H]8CC(C)(C)CC[C@]8(C(=O)O[C@@H]8O[C@H](CO)[C@@H](O)[C@H](O)[C@H]8O)CC[C@]67C)[C@]5(C)CO)OC[C@H](O)[C@@H]4O)[C@@H]3O)O[C@H](CO)[C@H]2O[C@@H]2O[C@H](CO)[C@@H](O[C@@H]3OC[C@@H](O)[C@H](O)[C@H]3O)[C@H](O)[C@H]2O)[C@H](O)[C@H](O)[C@H]1O. The first kappa shape index (κ1) is 82.4. The number of hydrogen-bond donors (Lipinski definition) is 20. The molecule has 0 spiro atoms. The Morgan fingerprint density at radius 2 is 0.943 bits per heavy atom. The van der Waals surface area contributed by atoms with Crippen molar-refractivity contribution in [3.8, 4) is 0 Å². The van der Waals surface area contributed by atoms with Crippen molar-refractivity contribution in [2.45, 2.75) is 328 Å². The highest BCUT2D eigenvalue weighted by atomic mass is 16.8. The van der Waals surface area contributed by atoms with E-state index in [-0.39, 0.29) is 35.2 Å². The maximum atomic E-state index is 14.9. The third-order valence-corrected chi connectivity index (χ3v) is 27.0. The van der Waals surface area contributed by atoms with Crippen LogP contribution in [0, 0.1) is 50.2 Å². The van der Waals surface area contributed by atoms with E-state index in [4.69, 9.17) is 66.3 Å². The second kappa shape index (κ2) is 31.3. The highest BCUT2D eigenvalue weighted by Gasteiger charge is 2.71. The highest BCUT2D eigenvalue weighted by Crippen LogP contribution is 2.76. The van der Waals surface area contributed by atoms with Gasteiger partial charge in [0.1, 0.15) is 146 Å². The molecule has 4 saturated carbocycles. The fourth-order valence-corrected chi connectivity index (χ4v) is 20.3. The van der Waals surface area contributed by atoms with Crippen LogP contribution in [0.2, 0.25) is 0 Å². The molecule has 11 fully saturated rings. The minimum atomic E-state index is -2.23. The largest absolute Gasteiger partial charge is 0.432 e. The quantitative estimate of drug-likeness (QED) is 0.0345. The van der Waals surface area contributed by atoms with Crippen LogP contribution in [0.1, 0.15) is 120 Å². The molecule has 12 rings (SSSR count). The van der Waals surface area contributed by atoms with Crippen LogP contribution >= 0.6 is 0 Å². The van der Waals surface area contributed by atoms with E-state index in [1.54, 1.807) is 0 Å². The van der Waals surface area contributed by atoms with Crippen LogP contribution in [0.25, 0.3) is 0 Å². The van der Waals surface area contributed by atoms with Gasteiger partial charge in [0.05, 0.1) is 63.4 Å². The van der Waals surface area contributed by atoms with Crippen molar-refractivity contribution in [3.63, 3.8) is 0 Å². The smallest absolute Gasteiger partial charge is 0.315 e. The molecule has 5 aliphatic carbocycles. The van der Waals surface area contributed by atoms with Crippen LogP contribution < -0.4 is 0 Å². The second-order valence-corrected chi connectivity index (χ2v) is 33.6. The van der Waals surface area contributed by atoms with Gasteiger partial charge in [0.25, 0.3) is 0 Å². The molecule has 0 amide bonds. The Hall–Kier alpha value is -2.11. The first-order valence-electron chi connectivity index (χ1n) is 37.1. The van der Waals surface area contributed by atoms with Crippen LogP contribution in [-0.4, -0.2) is 357 Å². The third kappa shape index (κ3) is 14.4. The van der Waals surface area contributed by atoms with Crippen LogP contribution in [-0.2, 0) is 71.1 Å². The number of carbonyl (C=O) groups is 1. The lowest BCUT2D eigenvalue weighted by Gasteiger charge is -2.71. The summed E-state index contributed by atoms with van der Waals surface area (Å²) < 4.78 is 84.3. The average molecular weight is 1520 g/mol. The zero-order chi connectivity index (χ0) is 76.4. The van der Waals surface area contributed by atoms with Gasteiger partial charge in [0.15, 0.2) is 37.7 Å². The van der Waals surface area contributed by atoms with Gasteiger partial charge >= 0.3 is 5.97 Å². The first-order valence-corrected chi connectivity index (χ1v) is 37.1. The predicted octanol–water partition coefficient (Wildman–Crippen LogP) is -6.26. The first-order chi connectivity index (χ1) is 49.4. The van der Waals surface area contributed by atoms with E-state index < -0.39 is 270 Å². The Morgan fingerprint density at radius 3 is 1.60 bits per heavy atom. The second-order valence-electron chi connectivity index (χ2n) is 33.6. The van der Waals surface area contributed by atoms with Crippen molar-refractivity contribution >= 4 is 5.97 Å². The van der Waals surface area contributed by atoms with E-state index in [0.717, 1.165) is 12.8 Å². The Morgan fingerprint density at radius 1 is 0.438 bits per heavy atom. The third-order valence-electron chi connectivity index (χ3n) is 27.0. The van der Waals surface area contributed by atoms with Crippen LogP contribution in [0.4, 0.5) is 0 Å². The van der Waals surface area contributed by atoms with Crippen molar-refractivity contribution in [1.82, 2.24) is 0 Å². The maximum absolute atomic E-state index is 14.9. The number of rotatable bonds is 18. The van der Waals surface area contributed by atoms with E-state index in [0.29, 0.717) is 51.4 Å². The Kier molecular flexibility index (Phi) is 24.6. The molecule has 105 heavy (non-hydrogen) atoms. The van der Waals surface area contributed by atoms with E-state index in [1.165, 1.54) is 19.4 Å². The van der Waals surface area contributed by atoms with Gasteiger partial charge in [-0.2, -0.15) is 0 Å². The molecule has 0 radical (unpaired) electrons. The van der Waals surface area contributed by atoms with Gasteiger partial charge in [-0.1, -0.05) is 53.2 Å². The Labute approximate surface area is 607 Å². The molecule has 0 aromatic carbocycles. The molecule has 0 aromatic heterocycles. The summed E-state index contributed by atoms with van der Waals surface area (Å²) >= 11 is 0. The van der Waals surface area contributed by atoms with E-state index in [2.05, 4.69) is 40.7 Å². The van der Waals surface area contributed by atoms with Gasteiger partial charge in [-0.05, 0) is 117 Å². The number of ether oxygens (including phenoxy) is 14. The summed E-state index contributed by atoms with van der Waals surface area (Å²) in [6.07, 6.45) is -51.2. The molecule has 604 valence electrons. The standard InChI is InChI=1S/C70H114O35/c1-26-38(77)43(82)47(86)58(94-26)103-55-51(90)62(98-34(22-73)53(55)101-59-49(88)45(84)52(33(21-72)97-59)100-57-46(85)40(79)30(75)23-92-57)102-54-39(78)27(2)95-61(50(54)89)104-56-41(80)31(76)24-93-63(56)99-37-12-13-66(5)35(67(37,6)25-74)11-14-69(8)36(66)10-9-28-29-19-65(3,4)15-17-70(29,18-16-68(28,69)7)64(91)105-60-48(87)44(83)42(81)32(20-71)96-60/h9,26-27,29-63,71-90H,10-25H2,1-8H3/t26-,27-,29-,30+,31-,32+,33+,34+,35-,36+,37-,38-,39-,40-,41-,42+,43+,44-,45+,46+,47+,48+,49+,50+,51+,52+,53+,54+,55+,56+,57-,58-,59-,60-,61-,62-,63-,66-,67-,68+,69+,70-/m0/s1. The number of hydrogen-bond acceptors (Lipinski definition) is 35. The molecule has 0 aromatic rings. The molecule has 0 unspecified atom stereocenters. The number of carbonyl (C=O) groups excluding carboxylic acids is 1. The fourth-order valence-electron chi connectivity index (χ4n) is 20.3. The fraction of sp³-hybridized carbons (Fsp3) is 0.957. The van der Waals surface area contributed by atoms with Crippen LogP contribution in [0.15, 0.2) is 11.6 Å². The normalized spacial score (nSPS) is 55.2. The van der Waals surface area contributed by atoms with E-state index >= 15 is 0 Å². The van der Waals surface area contributed by atoms with E-state index in [9.17, 15) is 107 Å². The minimum absolute atomic E-state index is 0.0622. The summed E-state index contributed by atoms with van der Waals surface area (Å²) in [4.78, 5) is 14.9. The van der Waals surface area contributed by atoms with Crippen molar-refractivity contribution < 1.29 is 173 Å². The molecule has 7 aliphatic heterocycles. The molecule has 20 N–H and O–H groups in total. The summed E-state index contributed by atoms with van der Waals surface area (Å²) in [5.41, 5.74) is -2.11. The lowest BCUT2D eigenvalue weighted by Crippen LogP contribution is -2.69. The van der Waals surface area contributed by atoms with E-state index in [1.807, 2.05) is 6.92 Å². The van der Waals surface area contributed by atoms with Crippen molar-refractivity contribution in [3.05, 3.63) is 11.6 Å². The molecule has 12 aliphatic rings. The molecular weight excluding hydrogens is 1400 g/mol. The predicted molar refractivity (Wildman–Crippen MR) is 347 cm³/mol. The highest BCUT2D eigenvalue weighted by molar-refractivity contribution is 5.79. The van der Waals surface area contributed by atoms with Gasteiger partial charge in [-0.3, -0.25) is 4.79 Å². The molecule has 35 nitrogen and oxygen atoms in total. The molecule has 0 bridgehead atoms. The maximum Gasteiger partial charge on any atom is 0.315 e. The molecule has 7 saturated heterocycles. The summed E-state index contributed by atoms with van der Waals surface area (Å²) in [5, 5.41) is 221. The lowest BCUT2D eigenvalue weighted by atomic mass is 9.33.